The molecule has 2 aromatic heterocycles. The Morgan fingerprint density at radius 2 is 2.17 bits per heavy atom. The summed E-state index contributed by atoms with van der Waals surface area (Å²) < 4.78 is 0. The van der Waals surface area contributed by atoms with Gasteiger partial charge in [0.1, 0.15) is 5.15 Å². The average molecular weight is 268 g/mol. The zero-order chi connectivity index (χ0) is 13.1. The summed E-state index contributed by atoms with van der Waals surface area (Å²) in [5.41, 5.74) is -0.569. The highest BCUT2D eigenvalue weighted by Gasteiger charge is 2.20. The molecule has 0 saturated heterocycles. The third-order valence-electron chi connectivity index (χ3n) is 1.92. The molecule has 0 aliphatic rings. The number of aromatic amines is 1. The lowest BCUT2D eigenvalue weighted by Gasteiger charge is -2.01. The van der Waals surface area contributed by atoms with E-state index < -0.39 is 11.9 Å². The smallest absolute Gasteiger partial charge is 0.354 e. The number of carboxylic acid groups (broad SMARTS) is 1. The van der Waals surface area contributed by atoms with Gasteiger partial charge in [-0.1, -0.05) is 11.6 Å². The van der Waals surface area contributed by atoms with Crippen molar-refractivity contribution >= 4 is 29.4 Å². The fourth-order valence-corrected chi connectivity index (χ4v) is 1.32. The van der Waals surface area contributed by atoms with Crippen LogP contribution in [0.4, 0.5) is 5.95 Å². The first kappa shape index (κ1) is 12.0. The fourth-order valence-electron chi connectivity index (χ4n) is 1.19. The monoisotopic (exact) mass is 267 g/mol. The van der Waals surface area contributed by atoms with Crippen LogP contribution in [0.25, 0.3) is 0 Å². The normalized spacial score (nSPS) is 10.1. The molecule has 0 saturated carbocycles. The summed E-state index contributed by atoms with van der Waals surface area (Å²) in [5.74, 6) is -2.06. The molecule has 2 aromatic rings. The van der Waals surface area contributed by atoms with Crippen molar-refractivity contribution in [1.29, 1.82) is 0 Å². The van der Waals surface area contributed by atoms with Gasteiger partial charge in [-0.15, -0.1) is 0 Å². The van der Waals surface area contributed by atoms with Gasteiger partial charge in [0, 0.05) is 6.20 Å². The molecule has 8 nitrogen and oxygen atoms in total. The van der Waals surface area contributed by atoms with Gasteiger partial charge < -0.3 is 10.1 Å². The molecule has 0 fully saturated rings. The maximum atomic E-state index is 11.7. The first-order valence-electron chi connectivity index (χ1n) is 4.64. The second kappa shape index (κ2) is 4.80. The van der Waals surface area contributed by atoms with Crippen LogP contribution >= 0.6 is 11.6 Å². The number of H-pyrrole nitrogens is 1. The minimum atomic E-state index is -1.29. The SMILES string of the molecule is O=C(Nc1nccc(Cl)n1)c1nc[nH]c1C(=O)O. The zero-order valence-corrected chi connectivity index (χ0v) is 9.47. The molecular formula is C9H6ClN5O3. The van der Waals surface area contributed by atoms with Crippen LogP contribution in [0.1, 0.15) is 21.0 Å². The van der Waals surface area contributed by atoms with E-state index in [1.54, 1.807) is 0 Å². The molecule has 92 valence electrons. The predicted octanol–water partition coefficient (Wildman–Crippen LogP) is 0.804. The van der Waals surface area contributed by atoms with Crippen LogP contribution in [0.3, 0.4) is 0 Å². The maximum absolute atomic E-state index is 11.7. The lowest BCUT2D eigenvalue weighted by molar-refractivity contribution is 0.0686. The summed E-state index contributed by atoms with van der Waals surface area (Å²) in [7, 11) is 0. The van der Waals surface area contributed by atoms with Crippen molar-refractivity contribution in [3.63, 3.8) is 0 Å². The number of halogens is 1. The minimum absolute atomic E-state index is 0.0353. The van der Waals surface area contributed by atoms with E-state index in [1.807, 2.05) is 0 Å². The third-order valence-corrected chi connectivity index (χ3v) is 2.13. The van der Waals surface area contributed by atoms with Crippen LogP contribution in [0.15, 0.2) is 18.6 Å². The van der Waals surface area contributed by atoms with E-state index in [4.69, 9.17) is 16.7 Å². The number of imidazole rings is 1. The van der Waals surface area contributed by atoms with E-state index in [2.05, 4.69) is 25.3 Å². The number of anilines is 1. The van der Waals surface area contributed by atoms with Gasteiger partial charge in [-0.2, -0.15) is 0 Å². The minimum Gasteiger partial charge on any atom is -0.477 e. The van der Waals surface area contributed by atoms with Crippen LogP contribution in [0.5, 0.6) is 0 Å². The first-order chi connectivity index (χ1) is 8.58. The Morgan fingerprint density at radius 3 is 2.83 bits per heavy atom. The number of aromatic carboxylic acids is 1. The van der Waals surface area contributed by atoms with Gasteiger partial charge in [0.25, 0.3) is 5.91 Å². The number of hydrogen-bond acceptors (Lipinski definition) is 5. The molecule has 0 atom stereocenters. The Bertz CT molecular complexity index is 612. The van der Waals surface area contributed by atoms with Crippen LogP contribution in [0.2, 0.25) is 5.15 Å². The molecule has 0 radical (unpaired) electrons. The van der Waals surface area contributed by atoms with Gasteiger partial charge in [0.05, 0.1) is 6.33 Å². The number of hydrogen-bond donors (Lipinski definition) is 3. The first-order valence-corrected chi connectivity index (χ1v) is 5.02. The fraction of sp³-hybridized carbons (Fsp3) is 0. The van der Waals surface area contributed by atoms with Crippen LogP contribution in [-0.2, 0) is 0 Å². The second-order valence-corrected chi connectivity index (χ2v) is 3.48. The van der Waals surface area contributed by atoms with E-state index in [1.165, 1.54) is 12.3 Å². The maximum Gasteiger partial charge on any atom is 0.354 e. The van der Waals surface area contributed by atoms with E-state index in [9.17, 15) is 9.59 Å². The summed E-state index contributed by atoms with van der Waals surface area (Å²) in [5, 5.41) is 11.3. The topological polar surface area (TPSA) is 121 Å². The van der Waals surface area contributed by atoms with E-state index in [0.717, 1.165) is 6.33 Å². The third kappa shape index (κ3) is 2.43. The zero-order valence-electron chi connectivity index (χ0n) is 8.72. The molecule has 0 unspecified atom stereocenters. The van der Waals surface area contributed by atoms with Crippen molar-refractivity contribution in [3.05, 3.63) is 35.1 Å². The number of aromatic nitrogens is 4. The molecule has 2 heterocycles. The highest BCUT2D eigenvalue weighted by atomic mass is 35.5. The molecule has 18 heavy (non-hydrogen) atoms. The molecule has 0 aliphatic carbocycles. The number of rotatable bonds is 3. The Morgan fingerprint density at radius 1 is 1.39 bits per heavy atom. The molecule has 2 rings (SSSR count). The van der Waals surface area contributed by atoms with E-state index in [0.29, 0.717) is 0 Å². The molecule has 1 amide bonds. The highest BCUT2D eigenvalue weighted by molar-refractivity contribution is 6.29. The molecule has 3 N–H and O–H groups in total. The molecule has 0 aromatic carbocycles. The summed E-state index contributed by atoms with van der Waals surface area (Å²) in [6.45, 7) is 0. The van der Waals surface area contributed by atoms with Crippen molar-refractivity contribution in [1.82, 2.24) is 19.9 Å². The van der Waals surface area contributed by atoms with Crippen LogP contribution < -0.4 is 5.32 Å². The van der Waals surface area contributed by atoms with Gasteiger partial charge in [-0.3, -0.25) is 10.1 Å². The Hall–Kier alpha value is -2.48. The number of carboxylic acids is 1. The molecule has 0 aliphatic heterocycles. The van der Waals surface area contributed by atoms with Crippen LogP contribution in [-0.4, -0.2) is 36.9 Å². The van der Waals surface area contributed by atoms with Gasteiger partial charge in [0.15, 0.2) is 11.4 Å². The van der Waals surface area contributed by atoms with Gasteiger partial charge in [-0.25, -0.2) is 19.7 Å². The van der Waals surface area contributed by atoms with Gasteiger partial charge in [0.2, 0.25) is 5.95 Å². The van der Waals surface area contributed by atoms with Crippen molar-refractivity contribution in [3.8, 4) is 0 Å². The van der Waals surface area contributed by atoms with Crippen LogP contribution in [0, 0.1) is 0 Å². The molecule has 9 heteroatoms. The average Bonchev–Trinajstić information content (AvgIpc) is 2.77. The van der Waals surface area contributed by atoms with Crippen molar-refractivity contribution in [2.24, 2.45) is 0 Å². The number of carbonyl (C=O) groups is 2. The Balaban J connectivity index is 2.22. The van der Waals surface area contributed by atoms with Gasteiger partial charge in [-0.05, 0) is 6.07 Å². The van der Waals surface area contributed by atoms with E-state index >= 15 is 0 Å². The number of nitrogens with zero attached hydrogens (tertiary/aromatic N) is 3. The molecule has 0 spiro atoms. The summed E-state index contributed by atoms with van der Waals surface area (Å²) in [4.78, 5) is 36.0. The summed E-state index contributed by atoms with van der Waals surface area (Å²) in [6, 6.07) is 1.44. The lowest BCUT2D eigenvalue weighted by Crippen LogP contribution is -2.18. The van der Waals surface area contributed by atoms with Gasteiger partial charge >= 0.3 is 5.97 Å². The standard InChI is InChI=1S/C9H6ClN5O3/c10-4-1-2-11-9(14-4)15-7(16)5-6(8(17)18)13-3-12-5/h1-3H,(H,12,13)(H,17,18)(H,11,14,15,16). The largest absolute Gasteiger partial charge is 0.477 e. The Labute approximate surface area is 105 Å². The van der Waals surface area contributed by atoms with Crippen molar-refractivity contribution < 1.29 is 14.7 Å². The predicted molar refractivity (Wildman–Crippen MR) is 60.5 cm³/mol. The van der Waals surface area contributed by atoms with E-state index in [-0.39, 0.29) is 22.5 Å². The summed E-state index contributed by atoms with van der Waals surface area (Å²) >= 11 is 5.62. The lowest BCUT2D eigenvalue weighted by atomic mass is 10.3. The van der Waals surface area contributed by atoms with Crippen molar-refractivity contribution in [2.75, 3.05) is 5.32 Å². The molecular weight excluding hydrogens is 262 g/mol. The quantitative estimate of drug-likeness (QED) is 0.707. The summed E-state index contributed by atoms with van der Waals surface area (Å²) in [6.07, 6.45) is 2.46. The second-order valence-electron chi connectivity index (χ2n) is 3.09. The highest BCUT2D eigenvalue weighted by Crippen LogP contribution is 2.08. The number of amides is 1. The number of nitrogens with one attached hydrogen (secondary N) is 2. The van der Waals surface area contributed by atoms with Crippen molar-refractivity contribution in [2.45, 2.75) is 0 Å². The Kier molecular flexibility index (Phi) is 3.20. The molecule has 0 bridgehead atoms. The number of carbonyl (C=O) groups excluding carboxylic acids is 1.